The lowest BCUT2D eigenvalue weighted by molar-refractivity contribution is -0.114. The maximum absolute atomic E-state index is 12.1. The van der Waals surface area contributed by atoms with E-state index in [-0.39, 0.29) is 12.0 Å². The summed E-state index contributed by atoms with van der Waals surface area (Å²) in [7, 11) is 1.97. The Hall–Kier alpha value is -2.13. The third-order valence-corrected chi connectivity index (χ3v) is 8.88. The van der Waals surface area contributed by atoms with Crippen molar-refractivity contribution in [3.63, 3.8) is 0 Å². The molecule has 5 rings (SSSR count). The highest BCUT2D eigenvalue weighted by molar-refractivity contribution is 5.93. The van der Waals surface area contributed by atoms with Gasteiger partial charge in [0.25, 0.3) is 0 Å². The van der Waals surface area contributed by atoms with Crippen LogP contribution in [0.15, 0.2) is 59.2 Å². The van der Waals surface area contributed by atoms with Crippen LogP contribution in [0.25, 0.3) is 0 Å². The molecule has 2 fully saturated rings. The second-order valence-corrected chi connectivity index (χ2v) is 10.3. The number of fused-ring (bicyclic) bond motifs is 4. The van der Waals surface area contributed by atoms with Gasteiger partial charge in [0, 0.05) is 25.1 Å². The van der Waals surface area contributed by atoms with Gasteiger partial charge < -0.3 is 10.4 Å². The first-order valence-corrected chi connectivity index (χ1v) is 12.1. The predicted molar refractivity (Wildman–Crippen MR) is 126 cm³/mol. The van der Waals surface area contributed by atoms with Crippen LogP contribution < -0.4 is 5.32 Å². The first-order chi connectivity index (χ1) is 15.0. The van der Waals surface area contributed by atoms with Gasteiger partial charge in [-0.05, 0) is 96.6 Å². The Balaban J connectivity index is 1.63. The van der Waals surface area contributed by atoms with Crippen molar-refractivity contribution >= 4 is 11.5 Å². The molecule has 0 aliphatic heterocycles. The molecule has 2 N–H and O–H groups in total. The van der Waals surface area contributed by atoms with Gasteiger partial charge in [-0.15, -0.1) is 0 Å². The van der Waals surface area contributed by atoms with Crippen LogP contribution in [0.3, 0.4) is 0 Å². The molecule has 0 saturated heterocycles. The van der Waals surface area contributed by atoms with Crippen LogP contribution in [-0.2, 0) is 4.79 Å². The molecule has 164 valence electrons. The SMILES string of the molecule is CNc1ccc([C@H]2C[C@]3(C)[C@H](/C=C\CO)CC[C@H]3[C@@H]3CCC4=CC(=O)CCC4=C32)cc1. The summed E-state index contributed by atoms with van der Waals surface area (Å²) in [6.45, 7) is 2.65. The summed E-state index contributed by atoms with van der Waals surface area (Å²) in [6, 6.07) is 9.02. The number of carbonyl (C=O) groups excluding carboxylic acids is 1. The second kappa shape index (κ2) is 8.09. The molecule has 1 aromatic rings. The molecular formula is C28H35NO2. The van der Waals surface area contributed by atoms with E-state index in [0.29, 0.717) is 35.9 Å². The largest absolute Gasteiger partial charge is 0.392 e. The average Bonchev–Trinajstić information content (AvgIpc) is 3.12. The van der Waals surface area contributed by atoms with Gasteiger partial charge in [0.2, 0.25) is 0 Å². The minimum Gasteiger partial charge on any atom is -0.392 e. The Kier molecular flexibility index (Phi) is 5.42. The molecular weight excluding hydrogens is 382 g/mol. The number of carbonyl (C=O) groups is 1. The van der Waals surface area contributed by atoms with Crippen molar-refractivity contribution in [3.8, 4) is 0 Å². The topological polar surface area (TPSA) is 49.3 Å². The lowest BCUT2D eigenvalue weighted by Crippen LogP contribution is -2.43. The van der Waals surface area contributed by atoms with E-state index in [1.165, 1.54) is 36.0 Å². The molecule has 1 aromatic carbocycles. The number of hydrogen-bond acceptors (Lipinski definition) is 3. The minimum absolute atomic E-state index is 0.132. The fraction of sp³-hybridized carbons (Fsp3) is 0.536. The van der Waals surface area contributed by atoms with Crippen molar-refractivity contribution in [2.24, 2.45) is 23.2 Å². The lowest BCUT2D eigenvalue weighted by atomic mass is 9.52. The third-order valence-electron chi connectivity index (χ3n) is 8.88. The number of allylic oxidation sites excluding steroid dienone is 5. The van der Waals surface area contributed by atoms with Crippen molar-refractivity contribution < 1.29 is 9.90 Å². The Morgan fingerprint density at radius 1 is 1.13 bits per heavy atom. The quantitative estimate of drug-likeness (QED) is 0.610. The number of rotatable bonds is 4. The van der Waals surface area contributed by atoms with Crippen molar-refractivity contribution in [2.75, 3.05) is 19.0 Å². The fourth-order valence-corrected chi connectivity index (χ4v) is 7.42. The highest BCUT2D eigenvalue weighted by atomic mass is 16.2. The van der Waals surface area contributed by atoms with Crippen molar-refractivity contribution in [1.82, 2.24) is 0 Å². The summed E-state index contributed by atoms with van der Waals surface area (Å²) in [5.74, 6) is 2.60. The number of benzene rings is 1. The van der Waals surface area contributed by atoms with Gasteiger partial charge in [0.1, 0.15) is 0 Å². The number of aliphatic hydroxyl groups excluding tert-OH is 1. The molecule has 4 aliphatic rings. The number of nitrogens with one attached hydrogen (secondary N) is 1. The molecule has 0 unspecified atom stereocenters. The average molecular weight is 418 g/mol. The first kappa shape index (κ1) is 20.8. The molecule has 3 heteroatoms. The molecule has 0 radical (unpaired) electrons. The first-order valence-electron chi connectivity index (χ1n) is 12.1. The van der Waals surface area contributed by atoms with E-state index in [1.54, 1.807) is 5.57 Å². The summed E-state index contributed by atoms with van der Waals surface area (Å²) in [4.78, 5) is 12.1. The van der Waals surface area contributed by atoms with E-state index in [0.717, 1.165) is 24.9 Å². The molecule has 0 aromatic heterocycles. The van der Waals surface area contributed by atoms with E-state index in [1.807, 2.05) is 19.2 Å². The number of anilines is 1. The highest BCUT2D eigenvalue weighted by Gasteiger charge is 2.55. The van der Waals surface area contributed by atoms with Crippen LogP contribution in [0.2, 0.25) is 0 Å². The summed E-state index contributed by atoms with van der Waals surface area (Å²) < 4.78 is 0. The van der Waals surface area contributed by atoms with Crippen LogP contribution >= 0.6 is 0 Å². The van der Waals surface area contributed by atoms with Gasteiger partial charge in [-0.3, -0.25) is 4.79 Å². The van der Waals surface area contributed by atoms with E-state index in [9.17, 15) is 9.90 Å². The molecule has 0 spiro atoms. The van der Waals surface area contributed by atoms with Crippen LogP contribution in [0.1, 0.15) is 63.4 Å². The van der Waals surface area contributed by atoms with Crippen molar-refractivity contribution in [1.29, 1.82) is 0 Å². The zero-order valence-electron chi connectivity index (χ0n) is 18.9. The summed E-state index contributed by atoms with van der Waals surface area (Å²) in [5.41, 5.74) is 7.35. The standard InChI is InChI=1S/C28H35NO2/c1-28-17-25(18-5-9-21(29-2)10-6-18)27-23-13-11-22(31)16-19(23)7-12-24(27)26(28)14-8-20(28)4-3-15-30/h3-6,9-10,16,20,24-26,29-30H,7-8,11-15,17H2,1-2H3/b4-3-/t20-,24+,25-,26+,28-/m1/s1. The third kappa shape index (κ3) is 3.42. The Labute approximate surface area is 186 Å². The molecule has 0 amide bonds. The lowest BCUT2D eigenvalue weighted by Gasteiger charge is -2.52. The van der Waals surface area contributed by atoms with Gasteiger partial charge in [0.15, 0.2) is 5.78 Å². The summed E-state index contributed by atoms with van der Waals surface area (Å²) in [5, 5.41) is 12.6. The van der Waals surface area contributed by atoms with Crippen LogP contribution in [0, 0.1) is 23.2 Å². The maximum atomic E-state index is 12.1. The molecule has 31 heavy (non-hydrogen) atoms. The van der Waals surface area contributed by atoms with Gasteiger partial charge in [-0.1, -0.05) is 36.8 Å². The van der Waals surface area contributed by atoms with Crippen molar-refractivity contribution in [2.45, 2.75) is 57.8 Å². The van der Waals surface area contributed by atoms with Crippen LogP contribution in [0.4, 0.5) is 5.69 Å². The summed E-state index contributed by atoms with van der Waals surface area (Å²) >= 11 is 0. The predicted octanol–water partition coefficient (Wildman–Crippen LogP) is 5.79. The maximum Gasteiger partial charge on any atom is 0.156 e. The Morgan fingerprint density at radius 2 is 1.94 bits per heavy atom. The van der Waals surface area contributed by atoms with E-state index < -0.39 is 0 Å². The summed E-state index contributed by atoms with van der Waals surface area (Å²) in [6.07, 6.45) is 13.7. The highest BCUT2D eigenvalue weighted by Crippen LogP contribution is 2.65. The van der Waals surface area contributed by atoms with Gasteiger partial charge in [-0.2, -0.15) is 0 Å². The van der Waals surface area contributed by atoms with Crippen molar-refractivity contribution in [3.05, 3.63) is 64.8 Å². The Bertz CT molecular complexity index is 954. The second-order valence-electron chi connectivity index (χ2n) is 10.3. The number of ketones is 1. The smallest absolute Gasteiger partial charge is 0.156 e. The van der Waals surface area contributed by atoms with E-state index >= 15 is 0 Å². The van der Waals surface area contributed by atoms with Crippen LogP contribution in [0.5, 0.6) is 0 Å². The van der Waals surface area contributed by atoms with Gasteiger partial charge in [0.05, 0.1) is 6.61 Å². The molecule has 3 nitrogen and oxygen atoms in total. The monoisotopic (exact) mass is 417 g/mol. The van der Waals surface area contributed by atoms with E-state index in [2.05, 4.69) is 42.6 Å². The zero-order valence-corrected chi connectivity index (χ0v) is 18.9. The van der Waals surface area contributed by atoms with Crippen LogP contribution in [-0.4, -0.2) is 24.5 Å². The Morgan fingerprint density at radius 3 is 2.68 bits per heavy atom. The number of aliphatic hydroxyl groups is 1. The zero-order chi connectivity index (χ0) is 21.6. The molecule has 4 aliphatic carbocycles. The van der Waals surface area contributed by atoms with E-state index in [4.69, 9.17) is 0 Å². The fourth-order valence-electron chi connectivity index (χ4n) is 7.42. The molecule has 0 heterocycles. The molecule has 2 saturated carbocycles. The molecule has 5 atom stereocenters. The normalized spacial score (nSPS) is 34.9. The number of hydrogen-bond donors (Lipinski definition) is 2. The van der Waals surface area contributed by atoms with Gasteiger partial charge >= 0.3 is 0 Å². The van der Waals surface area contributed by atoms with Gasteiger partial charge in [-0.25, -0.2) is 0 Å². The minimum atomic E-state index is 0.132. The molecule has 0 bridgehead atoms.